The van der Waals surface area contributed by atoms with Gasteiger partial charge >= 0.3 is 0 Å². The molecule has 0 aromatic carbocycles. The van der Waals surface area contributed by atoms with Crippen molar-refractivity contribution in [3.8, 4) is 11.4 Å². The molecule has 1 aliphatic heterocycles. The van der Waals surface area contributed by atoms with Gasteiger partial charge in [-0.05, 0) is 12.8 Å². The van der Waals surface area contributed by atoms with Crippen LogP contribution in [0.25, 0.3) is 22.6 Å². The van der Waals surface area contributed by atoms with Gasteiger partial charge in [0.2, 0.25) is 0 Å². The van der Waals surface area contributed by atoms with Crippen LogP contribution in [0.4, 0.5) is 5.82 Å². The van der Waals surface area contributed by atoms with Gasteiger partial charge in [-0.25, -0.2) is 15.0 Å². The summed E-state index contributed by atoms with van der Waals surface area (Å²) in [7, 11) is 0. The predicted octanol–water partition coefficient (Wildman–Crippen LogP) is -0.150. The van der Waals surface area contributed by atoms with E-state index >= 15 is 0 Å². The summed E-state index contributed by atoms with van der Waals surface area (Å²) in [5.41, 5.74) is 7.46. The number of ether oxygens (including phenoxy) is 1. The molecule has 0 amide bonds. The van der Waals surface area contributed by atoms with Gasteiger partial charge in [0.25, 0.3) is 0 Å². The molecule has 5 N–H and O–H groups in total. The maximum atomic E-state index is 10.3. The fourth-order valence-corrected chi connectivity index (χ4v) is 3.36. The third-order valence-electron chi connectivity index (χ3n) is 4.93. The first-order valence-corrected chi connectivity index (χ1v) is 9.29. The van der Waals surface area contributed by atoms with E-state index in [2.05, 4.69) is 26.6 Å². The predicted molar refractivity (Wildman–Crippen MR) is 103 cm³/mol. The lowest BCUT2D eigenvalue weighted by Crippen LogP contribution is -2.33. The van der Waals surface area contributed by atoms with Gasteiger partial charge < -0.3 is 25.8 Å². The molecule has 1 aliphatic rings. The van der Waals surface area contributed by atoms with Gasteiger partial charge in [0.15, 0.2) is 23.5 Å². The number of aryl methyl sites for hydroxylation is 1. The standard InChI is InChI=1S/C18H23N7O4/c1-2-3-4-5-24-7-10(6-21-24)16-22-15(19)12-17(23-16)25(9-20-12)18-14(28)13(27)11(8-26)29-18/h2,6-7,9,11,13-14,18,26-28H,1,3-5,8H2,(H2,19,22,23)/t11?,13-,14?,18?/m1/s1. The Morgan fingerprint density at radius 3 is 2.83 bits per heavy atom. The number of hydrogen-bond donors (Lipinski definition) is 4. The topological polar surface area (TPSA) is 157 Å². The number of unbranched alkanes of at least 4 members (excludes halogenated alkanes) is 1. The van der Waals surface area contributed by atoms with E-state index < -0.39 is 31.1 Å². The third-order valence-corrected chi connectivity index (χ3v) is 4.93. The minimum atomic E-state index is -1.25. The Hall–Kier alpha value is -2.86. The van der Waals surface area contributed by atoms with Gasteiger partial charge in [-0.3, -0.25) is 9.25 Å². The van der Waals surface area contributed by atoms with Crippen molar-refractivity contribution in [2.45, 2.75) is 43.9 Å². The van der Waals surface area contributed by atoms with Crippen LogP contribution in [0.2, 0.25) is 0 Å². The lowest BCUT2D eigenvalue weighted by atomic mass is 10.1. The molecular formula is C18H23N7O4. The molecule has 3 aromatic heterocycles. The van der Waals surface area contributed by atoms with Gasteiger partial charge in [0.1, 0.15) is 23.8 Å². The van der Waals surface area contributed by atoms with E-state index in [-0.39, 0.29) is 5.82 Å². The molecule has 1 fully saturated rings. The molecule has 0 aliphatic carbocycles. The largest absolute Gasteiger partial charge is 0.394 e. The summed E-state index contributed by atoms with van der Waals surface area (Å²) in [5.74, 6) is 0.536. The molecule has 4 rings (SSSR count). The molecule has 0 spiro atoms. The molecular weight excluding hydrogens is 378 g/mol. The molecule has 4 heterocycles. The van der Waals surface area contributed by atoms with Crippen LogP contribution in [0.15, 0.2) is 31.4 Å². The van der Waals surface area contributed by atoms with Crippen molar-refractivity contribution in [1.29, 1.82) is 0 Å². The van der Waals surface area contributed by atoms with Crippen molar-refractivity contribution >= 4 is 17.0 Å². The number of fused-ring (bicyclic) bond motifs is 1. The van der Waals surface area contributed by atoms with Crippen molar-refractivity contribution in [2.75, 3.05) is 12.3 Å². The van der Waals surface area contributed by atoms with E-state index in [9.17, 15) is 15.3 Å². The Morgan fingerprint density at radius 1 is 1.28 bits per heavy atom. The maximum Gasteiger partial charge on any atom is 0.168 e. The van der Waals surface area contributed by atoms with Crippen molar-refractivity contribution in [3.63, 3.8) is 0 Å². The molecule has 3 unspecified atom stereocenters. The Kier molecular flexibility index (Phi) is 5.28. The Morgan fingerprint density at radius 2 is 2.10 bits per heavy atom. The number of allylic oxidation sites excluding steroid dienone is 1. The van der Waals surface area contributed by atoms with E-state index in [0.29, 0.717) is 22.6 Å². The van der Waals surface area contributed by atoms with Gasteiger partial charge in [-0.2, -0.15) is 5.10 Å². The number of nitrogens with zero attached hydrogens (tertiary/aromatic N) is 6. The van der Waals surface area contributed by atoms with E-state index in [1.54, 1.807) is 10.9 Å². The van der Waals surface area contributed by atoms with Crippen LogP contribution in [0.5, 0.6) is 0 Å². The highest BCUT2D eigenvalue weighted by Crippen LogP contribution is 2.32. The molecule has 3 aromatic rings. The van der Waals surface area contributed by atoms with Crippen LogP contribution in [0.3, 0.4) is 0 Å². The highest BCUT2D eigenvalue weighted by atomic mass is 16.6. The van der Waals surface area contributed by atoms with E-state index in [0.717, 1.165) is 19.4 Å². The van der Waals surface area contributed by atoms with Crippen LogP contribution < -0.4 is 5.73 Å². The second-order valence-corrected chi connectivity index (χ2v) is 6.91. The number of aliphatic hydroxyl groups is 3. The number of imidazole rings is 1. The highest BCUT2D eigenvalue weighted by Gasteiger charge is 2.44. The number of nitrogens with two attached hydrogens (primary N) is 1. The molecule has 0 bridgehead atoms. The average Bonchev–Trinajstić information content (AvgIpc) is 3.41. The van der Waals surface area contributed by atoms with Crippen molar-refractivity contribution in [1.82, 2.24) is 29.3 Å². The second kappa shape index (κ2) is 7.87. The summed E-state index contributed by atoms with van der Waals surface area (Å²) in [6.07, 6.45) is 4.24. The monoisotopic (exact) mass is 401 g/mol. The van der Waals surface area contributed by atoms with E-state index in [4.69, 9.17) is 10.5 Å². The normalized spacial score (nSPS) is 24.4. The zero-order valence-corrected chi connectivity index (χ0v) is 15.7. The third kappa shape index (κ3) is 3.49. The first-order chi connectivity index (χ1) is 14.0. The zero-order valence-electron chi connectivity index (χ0n) is 15.7. The Bertz CT molecular complexity index is 1020. The summed E-state index contributed by atoms with van der Waals surface area (Å²) in [5, 5.41) is 34.0. The lowest BCUT2D eigenvalue weighted by Gasteiger charge is -2.16. The smallest absolute Gasteiger partial charge is 0.168 e. The first kappa shape index (κ1) is 19.5. The summed E-state index contributed by atoms with van der Waals surface area (Å²) < 4.78 is 8.86. The van der Waals surface area contributed by atoms with E-state index in [1.807, 2.05) is 12.3 Å². The van der Waals surface area contributed by atoms with Crippen molar-refractivity contribution in [3.05, 3.63) is 31.4 Å². The molecule has 154 valence electrons. The van der Waals surface area contributed by atoms with Crippen LogP contribution in [-0.4, -0.2) is 69.5 Å². The van der Waals surface area contributed by atoms with Crippen LogP contribution in [-0.2, 0) is 11.3 Å². The summed E-state index contributed by atoms with van der Waals surface area (Å²) in [6, 6.07) is 0. The molecule has 0 saturated carbocycles. The fourth-order valence-electron chi connectivity index (χ4n) is 3.36. The van der Waals surface area contributed by atoms with Crippen molar-refractivity contribution < 1.29 is 20.1 Å². The number of aliphatic hydroxyl groups excluding tert-OH is 3. The first-order valence-electron chi connectivity index (χ1n) is 9.29. The number of rotatable bonds is 7. The molecule has 1 saturated heterocycles. The minimum absolute atomic E-state index is 0.176. The SMILES string of the molecule is C=CCCCn1cc(-c2nc(N)c3ncn(C4OC(CO)[C@@H](O)C4O)c3n2)cn1. The second-order valence-electron chi connectivity index (χ2n) is 6.91. The number of aromatic nitrogens is 6. The summed E-state index contributed by atoms with van der Waals surface area (Å²) >= 11 is 0. The highest BCUT2D eigenvalue weighted by molar-refractivity contribution is 5.83. The number of hydrogen-bond acceptors (Lipinski definition) is 9. The number of nitrogen functional groups attached to an aromatic ring is 1. The summed E-state index contributed by atoms with van der Waals surface area (Å²) in [6.45, 7) is 4.03. The molecule has 0 radical (unpaired) electrons. The molecule has 29 heavy (non-hydrogen) atoms. The molecule has 11 nitrogen and oxygen atoms in total. The molecule has 4 atom stereocenters. The zero-order chi connectivity index (χ0) is 20.5. The summed E-state index contributed by atoms with van der Waals surface area (Å²) in [4.78, 5) is 13.1. The quantitative estimate of drug-likeness (QED) is 0.312. The van der Waals surface area contributed by atoms with Gasteiger partial charge in [-0.1, -0.05) is 6.08 Å². The van der Waals surface area contributed by atoms with Crippen LogP contribution in [0, 0.1) is 0 Å². The molecule has 11 heteroatoms. The average molecular weight is 401 g/mol. The Balaban J connectivity index is 1.68. The minimum Gasteiger partial charge on any atom is -0.394 e. The number of anilines is 1. The maximum absolute atomic E-state index is 10.3. The van der Waals surface area contributed by atoms with Crippen molar-refractivity contribution in [2.24, 2.45) is 0 Å². The van der Waals surface area contributed by atoms with Gasteiger partial charge in [0.05, 0.1) is 24.7 Å². The fraction of sp³-hybridized carbons (Fsp3) is 0.444. The van der Waals surface area contributed by atoms with Crippen LogP contribution >= 0.6 is 0 Å². The van der Waals surface area contributed by atoms with Gasteiger partial charge in [0, 0.05) is 12.7 Å². The Labute approximate surface area is 166 Å². The van der Waals surface area contributed by atoms with Gasteiger partial charge in [-0.15, -0.1) is 6.58 Å². The lowest BCUT2D eigenvalue weighted by molar-refractivity contribution is -0.0511. The van der Waals surface area contributed by atoms with E-state index in [1.165, 1.54) is 10.9 Å². The van der Waals surface area contributed by atoms with Crippen LogP contribution in [0.1, 0.15) is 19.1 Å².